The highest BCUT2D eigenvalue weighted by Crippen LogP contribution is 2.61. The number of methoxy groups -OCH3 is 1. The maximum atomic E-state index is 6.41. The molecular weight excluding hydrogens is 346 g/mol. The highest BCUT2D eigenvalue weighted by molar-refractivity contribution is 6.32. The van der Waals surface area contributed by atoms with Gasteiger partial charge in [-0.1, -0.05) is 11.6 Å². The van der Waals surface area contributed by atoms with Crippen LogP contribution in [0, 0.1) is 23.2 Å². The van der Waals surface area contributed by atoms with Crippen molar-refractivity contribution in [3.05, 3.63) is 22.7 Å². The summed E-state index contributed by atoms with van der Waals surface area (Å²) in [4.78, 5) is 0. The number of hydrogen-bond acceptors (Lipinski definition) is 3. The summed E-state index contributed by atoms with van der Waals surface area (Å²) >= 11 is 6.41. The summed E-state index contributed by atoms with van der Waals surface area (Å²) in [6.07, 6.45) is 8.79. The van der Waals surface area contributed by atoms with Crippen molar-refractivity contribution in [3.63, 3.8) is 0 Å². The molecule has 1 aromatic carbocycles. The Bertz CT molecular complexity index is 625. The molecular formula is C22H32ClNO2. The van der Waals surface area contributed by atoms with Gasteiger partial charge in [0.05, 0.1) is 18.7 Å². The molecule has 1 N–H and O–H groups in total. The molecule has 4 aliphatic rings. The smallest absolute Gasteiger partial charge is 0.179 e. The Labute approximate surface area is 162 Å². The first-order valence-corrected chi connectivity index (χ1v) is 10.6. The lowest BCUT2D eigenvalue weighted by Crippen LogP contribution is -2.54. The fourth-order valence-electron chi connectivity index (χ4n) is 6.38. The van der Waals surface area contributed by atoms with E-state index in [1.807, 2.05) is 13.0 Å². The van der Waals surface area contributed by atoms with Crippen LogP contribution in [-0.2, 0) is 6.54 Å². The van der Waals surface area contributed by atoms with E-state index in [-0.39, 0.29) is 0 Å². The summed E-state index contributed by atoms with van der Waals surface area (Å²) in [5, 5.41) is 4.46. The Morgan fingerprint density at radius 3 is 2.31 bits per heavy atom. The second kappa shape index (κ2) is 7.24. The topological polar surface area (TPSA) is 30.5 Å². The number of halogens is 1. The van der Waals surface area contributed by atoms with Crippen molar-refractivity contribution in [1.82, 2.24) is 5.32 Å². The zero-order valence-corrected chi connectivity index (χ0v) is 17.1. The minimum atomic E-state index is 0.522. The van der Waals surface area contributed by atoms with Gasteiger partial charge in [0.1, 0.15) is 0 Å². The number of benzene rings is 1. The largest absolute Gasteiger partial charge is 0.491 e. The molecule has 3 nitrogen and oxygen atoms in total. The fourth-order valence-corrected chi connectivity index (χ4v) is 6.69. The maximum Gasteiger partial charge on any atom is 0.179 e. The Balaban J connectivity index is 1.45. The molecule has 0 heterocycles. The predicted octanol–water partition coefficient (Wildman–Crippen LogP) is 5.44. The van der Waals surface area contributed by atoms with Gasteiger partial charge in [0.25, 0.3) is 0 Å². The SMILES string of the molecule is CCOc1cc(CNC(C)C23CC4CC(CC(C4)C2)C3)cc(Cl)c1OC. The van der Waals surface area contributed by atoms with Crippen LogP contribution in [0.15, 0.2) is 12.1 Å². The molecule has 4 saturated carbocycles. The van der Waals surface area contributed by atoms with Gasteiger partial charge in [0.15, 0.2) is 11.5 Å². The molecule has 1 atom stereocenters. The molecule has 1 unspecified atom stereocenters. The van der Waals surface area contributed by atoms with Crippen LogP contribution in [0.5, 0.6) is 11.5 Å². The minimum Gasteiger partial charge on any atom is -0.491 e. The monoisotopic (exact) mass is 377 g/mol. The van der Waals surface area contributed by atoms with Crippen molar-refractivity contribution in [2.75, 3.05) is 13.7 Å². The Morgan fingerprint density at radius 1 is 1.15 bits per heavy atom. The molecule has 0 amide bonds. The van der Waals surface area contributed by atoms with E-state index in [4.69, 9.17) is 21.1 Å². The van der Waals surface area contributed by atoms with Crippen LogP contribution in [0.3, 0.4) is 0 Å². The Kier molecular flexibility index (Phi) is 5.13. The Hall–Kier alpha value is -0.930. The molecule has 0 saturated heterocycles. The third-order valence-electron chi connectivity index (χ3n) is 7.19. The lowest BCUT2D eigenvalue weighted by Gasteiger charge is -2.59. The first-order valence-electron chi connectivity index (χ1n) is 10.3. The van der Waals surface area contributed by atoms with Crippen molar-refractivity contribution in [3.8, 4) is 11.5 Å². The lowest BCUT2D eigenvalue weighted by molar-refractivity contribution is -0.0706. The molecule has 1 aromatic rings. The van der Waals surface area contributed by atoms with Gasteiger partial charge in [-0.3, -0.25) is 0 Å². The zero-order chi connectivity index (χ0) is 18.3. The zero-order valence-electron chi connectivity index (χ0n) is 16.3. The number of rotatable bonds is 7. The molecule has 0 aliphatic heterocycles. The van der Waals surface area contributed by atoms with E-state index in [9.17, 15) is 0 Å². The maximum absolute atomic E-state index is 6.41. The first-order chi connectivity index (χ1) is 12.5. The third-order valence-corrected chi connectivity index (χ3v) is 7.47. The van der Waals surface area contributed by atoms with Crippen molar-refractivity contribution < 1.29 is 9.47 Å². The van der Waals surface area contributed by atoms with Crippen LogP contribution in [0.25, 0.3) is 0 Å². The quantitative estimate of drug-likeness (QED) is 0.686. The molecule has 4 fully saturated rings. The second-order valence-corrected chi connectivity index (χ2v) is 9.33. The second-order valence-electron chi connectivity index (χ2n) is 8.92. The first kappa shape index (κ1) is 18.4. The highest BCUT2D eigenvalue weighted by Gasteiger charge is 2.52. The van der Waals surface area contributed by atoms with Gasteiger partial charge >= 0.3 is 0 Å². The van der Waals surface area contributed by atoms with E-state index in [0.717, 1.165) is 35.6 Å². The van der Waals surface area contributed by atoms with Gasteiger partial charge in [0, 0.05) is 12.6 Å². The van der Waals surface area contributed by atoms with Crippen LogP contribution < -0.4 is 14.8 Å². The fraction of sp³-hybridized carbons (Fsp3) is 0.727. The van der Waals surface area contributed by atoms with E-state index < -0.39 is 0 Å². The lowest BCUT2D eigenvalue weighted by atomic mass is 9.48. The van der Waals surface area contributed by atoms with Gasteiger partial charge in [-0.2, -0.15) is 0 Å². The van der Waals surface area contributed by atoms with Crippen LogP contribution in [0.1, 0.15) is 57.9 Å². The standard InChI is InChI=1S/C22H32ClNO2/c1-4-26-20-9-18(8-19(23)21(20)25-3)13-24-14(2)22-10-15-5-16(11-22)7-17(6-15)12-22/h8-9,14-17,24H,4-7,10-13H2,1-3H3. The number of nitrogens with one attached hydrogen (secondary N) is 1. The molecule has 144 valence electrons. The van der Waals surface area contributed by atoms with Crippen LogP contribution in [0.4, 0.5) is 0 Å². The van der Waals surface area contributed by atoms with Crippen molar-refractivity contribution in [2.45, 2.75) is 65.0 Å². The van der Waals surface area contributed by atoms with E-state index >= 15 is 0 Å². The Morgan fingerprint density at radius 2 is 1.77 bits per heavy atom. The third kappa shape index (κ3) is 3.33. The van der Waals surface area contributed by atoms with Crippen molar-refractivity contribution >= 4 is 11.6 Å². The minimum absolute atomic E-state index is 0.522. The summed E-state index contributed by atoms with van der Waals surface area (Å²) in [6.45, 7) is 5.81. The highest BCUT2D eigenvalue weighted by atomic mass is 35.5. The van der Waals surface area contributed by atoms with Crippen molar-refractivity contribution in [2.24, 2.45) is 23.2 Å². The van der Waals surface area contributed by atoms with E-state index in [1.165, 1.54) is 38.5 Å². The molecule has 4 aliphatic carbocycles. The number of hydrogen-bond donors (Lipinski definition) is 1. The van der Waals surface area contributed by atoms with Crippen LogP contribution in [-0.4, -0.2) is 19.8 Å². The molecule has 0 radical (unpaired) electrons. The summed E-state index contributed by atoms with van der Waals surface area (Å²) in [5.74, 6) is 4.34. The van der Waals surface area contributed by atoms with Gasteiger partial charge in [-0.05, 0) is 93.2 Å². The molecule has 0 spiro atoms. The van der Waals surface area contributed by atoms with Gasteiger partial charge < -0.3 is 14.8 Å². The van der Waals surface area contributed by atoms with Crippen LogP contribution >= 0.6 is 11.6 Å². The molecule has 4 heteroatoms. The normalized spacial score (nSPS) is 33.3. The summed E-state index contributed by atoms with van der Waals surface area (Å²) in [5.41, 5.74) is 1.68. The average molecular weight is 378 g/mol. The van der Waals surface area contributed by atoms with E-state index in [2.05, 4.69) is 18.3 Å². The van der Waals surface area contributed by atoms with Gasteiger partial charge in [0.2, 0.25) is 0 Å². The molecule has 0 aromatic heterocycles. The van der Waals surface area contributed by atoms with Crippen LogP contribution in [0.2, 0.25) is 5.02 Å². The van der Waals surface area contributed by atoms with Gasteiger partial charge in [-0.15, -0.1) is 0 Å². The molecule has 4 bridgehead atoms. The summed E-state index contributed by atoms with van der Waals surface area (Å²) < 4.78 is 11.1. The van der Waals surface area contributed by atoms with Gasteiger partial charge in [-0.25, -0.2) is 0 Å². The molecule has 5 rings (SSSR count). The molecule has 26 heavy (non-hydrogen) atoms. The predicted molar refractivity (Wildman–Crippen MR) is 106 cm³/mol. The van der Waals surface area contributed by atoms with E-state index in [1.54, 1.807) is 7.11 Å². The summed E-state index contributed by atoms with van der Waals surface area (Å²) in [7, 11) is 1.64. The van der Waals surface area contributed by atoms with E-state index in [0.29, 0.717) is 28.8 Å². The summed E-state index contributed by atoms with van der Waals surface area (Å²) in [6, 6.07) is 4.61. The average Bonchev–Trinajstić information content (AvgIpc) is 2.58. The number of ether oxygens (including phenoxy) is 2. The van der Waals surface area contributed by atoms with Crippen molar-refractivity contribution in [1.29, 1.82) is 0 Å².